The van der Waals surface area contributed by atoms with Gasteiger partial charge in [0.1, 0.15) is 0 Å². The van der Waals surface area contributed by atoms with Crippen molar-refractivity contribution in [1.82, 2.24) is 15.5 Å². The maximum absolute atomic E-state index is 12.4. The predicted octanol–water partition coefficient (Wildman–Crippen LogP) is 4.93. The third-order valence-corrected chi connectivity index (χ3v) is 5.13. The van der Waals surface area contributed by atoms with E-state index >= 15 is 0 Å². The SMILES string of the molecule is COc1ccc(C=CNC(=O)COc2n[nH]c(-c3ccccc3)c2-c2ccccc2)cc1OC. The summed E-state index contributed by atoms with van der Waals surface area (Å²) < 4.78 is 16.3. The molecular formula is C27H25N3O4. The number of benzene rings is 3. The van der Waals surface area contributed by atoms with Gasteiger partial charge in [0.25, 0.3) is 5.91 Å². The number of nitrogens with one attached hydrogen (secondary N) is 2. The molecule has 0 saturated heterocycles. The Hall–Kier alpha value is -4.52. The van der Waals surface area contributed by atoms with Crippen LogP contribution in [0.3, 0.4) is 0 Å². The van der Waals surface area contributed by atoms with Gasteiger partial charge in [-0.25, -0.2) is 0 Å². The van der Waals surface area contributed by atoms with Crippen molar-refractivity contribution in [3.8, 4) is 39.8 Å². The minimum Gasteiger partial charge on any atom is -0.493 e. The molecule has 1 heterocycles. The van der Waals surface area contributed by atoms with E-state index < -0.39 is 0 Å². The number of ether oxygens (including phenoxy) is 3. The van der Waals surface area contributed by atoms with Crippen LogP contribution >= 0.6 is 0 Å². The number of H-pyrrole nitrogens is 1. The molecule has 2 N–H and O–H groups in total. The van der Waals surface area contributed by atoms with Crippen LogP contribution in [0.15, 0.2) is 85.1 Å². The fourth-order valence-corrected chi connectivity index (χ4v) is 3.48. The van der Waals surface area contributed by atoms with E-state index in [4.69, 9.17) is 14.2 Å². The van der Waals surface area contributed by atoms with E-state index in [0.29, 0.717) is 17.4 Å². The van der Waals surface area contributed by atoms with E-state index in [2.05, 4.69) is 15.5 Å². The van der Waals surface area contributed by atoms with Crippen molar-refractivity contribution < 1.29 is 19.0 Å². The molecule has 0 bridgehead atoms. The number of rotatable bonds is 9. The van der Waals surface area contributed by atoms with Gasteiger partial charge in [-0.05, 0) is 29.3 Å². The number of methoxy groups -OCH3 is 2. The van der Waals surface area contributed by atoms with Crippen LogP contribution < -0.4 is 19.5 Å². The maximum atomic E-state index is 12.4. The van der Waals surface area contributed by atoms with E-state index in [1.54, 1.807) is 32.6 Å². The summed E-state index contributed by atoms with van der Waals surface area (Å²) in [5.41, 5.74) is 4.41. The van der Waals surface area contributed by atoms with Crippen LogP contribution in [0.4, 0.5) is 0 Å². The first-order valence-electron chi connectivity index (χ1n) is 10.7. The summed E-state index contributed by atoms with van der Waals surface area (Å²) in [6, 6.07) is 25.2. The molecule has 0 aliphatic rings. The highest BCUT2D eigenvalue weighted by Gasteiger charge is 2.18. The van der Waals surface area contributed by atoms with Gasteiger partial charge in [-0.3, -0.25) is 9.89 Å². The molecule has 0 aliphatic carbocycles. The lowest BCUT2D eigenvalue weighted by Crippen LogP contribution is -2.24. The molecule has 0 radical (unpaired) electrons. The fourth-order valence-electron chi connectivity index (χ4n) is 3.48. The predicted molar refractivity (Wildman–Crippen MR) is 132 cm³/mol. The average Bonchev–Trinajstić information content (AvgIpc) is 3.32. The van der Waals surface area contributed by atoms with Crippen LogP contribution in [0.25, 0.3) is 28.5 Å². The molecule has 1 aromatic heterocycles. The lowest BCUT2D eigenvalue weighted by Gasteiger charge is -2.08. The van der Waals surface area contributed by atoms with Gasteiger partial charge in [0, 0.05) is 11.8 Å². The molecule has 0 unspecified atom stereocenters. The van der Waals surface area contributed by atoms with Gasteiger partial charge in [0.05, 0.1) is 25.5 Å². The van der Waals surface area contributed by atoms with Crippen LogP contribution in [0.2, 0.25) is 0 Å². The second kappa shape index (κ2) is 10.9. The third-order valence-electron chi connectivity index (χ3n) is 5.13. The summed E-state index contributed by atoms with van der Waals surface area (Å²) in [5, 5.41) is 10.1. The summed E-state index contributed by atoms with van der Waals surface area (Å²) in [6.45, 7) is -0.185. The molecule has 172 valence electrons. The molecule has 0 atom stereocenters. The number of amides is 1. The van der Waals surface area contributed by atoms with Crippen molar-refractivity contribution in [2.45, 2.75) is 0 Å². The zero-order valence-electron chi connectivity index (χ0n) is 18.9. The fraction of sp³-hybridized carbons (Fsp3) is 0.111. The summed E-state index contributed by atoms with van der Waals surface area (Å²) in [6.07, 6.45) is 3.32. The first-order chi connectivity index (χ1) is 16.7. The van der Waals surface area contributed by atoms with Crippen LogP contribution in [-0.4, -0.2) is 36.9 Å². The number of aromatic amines is 1. The van der Waals surface area contributed by atoms with Crippen molar-refractivity contribution in [2.24, 2.45) is 0 Å². The van der Waals surface area contributed by atoms with Gasteiger partial charge in [-0.15, -0.1) is 5.10 Å². The van der Waals surface area contributed by atoms with Crippen molar-refractivity contribution in [2.75, 3.05) is 20.8 Å². The van der Waals surface area contributed by atoms with Gasteiger partial charge in [-0.1, -0.05) is 66.7 Å². The number of aromatic nitrogens is 2. The highest BCUT2D eigenvalue weighted by atomic mass is 16.5. The first-order valence-corrected chi connectivity index (χ1v) is 10.7. The lowest BCUT2D eigenvalue weighted by atomic mass is 10.0. The van der Waals surface area contributed by atoms with E-state index in [9.17, 15) is 4.79 Å². The van der Waals surface area contributed by atoms with Gasteiger partial charge < -0.3 is 19.5 Å². The molecule has 4 rings (SSSR count). The summed E-state index contributed by atoms with van der Waals surface area (Å²) in [7, 11) is 3.16. The van der Waals surface area contributed by atoms with Gasteiger partial charge in [-0.2, -0.15) is 0 Å². The average molecular weight is 456 g/mol. The zero-order valence-corrected chi connectivity index (χ0v) is 18.9. The highest BCUT2D eigenvalue weighted by Crippen LogP contribution is 2.37. The highest BCUT2D eigenvalue weighted by molar-refractivity contribution is 5.85. The first kappa shape index (κ1) is 22.7. The molecule has 0 saturated carbocycles. The van der Waals surface area contributed by atoms with E-state index in [0.717, 1.165) is 27.9 Å². The molecule has 1 amide bonds. The normalized spacial score (nSPS) is 10.8. The van der Waals surface area contributed by atoms with Crippen LogP contribution in [-0.2, 0) is 4.79 Å². The number of carbonyl (C=O) groups excluding carboxylic acids is 1. The van der Waals surface area contributed by atoms with Crippen molar-refractivity contribution >= 4 is 12.0 Å². The monoisotopic (exact) mass is 455 g/mol. The smallest absolute Gasteiger partial charge is 0.261 e. The van der Waals surface area contributed by atoms with Crippen molar-refractivity contribution in [3.05, 3.63) is 90.6 Å². The summed E-state index contributed by atoms with van der Waals surface area (Å²) in [5.74, 6) is 1.31. The zero-order chi connectivity index (χ0) is 23.8. The molecule has 0 aliphatic heterocycles. The topological polar surface area (TPSA) is 85.5 Å². The number of carbonyl (C=O) groups is 1. The van der Waals surface area contributed by atoms with E-state index in [1.165, 1.54) is 0 Å². The van der Waals surface area contributed by atoms with Crippen LogP contribution in [0.1, 0.15) is 5.56 Å². The quantitative estimate of drug-likeness (QED) is 0.374. The van der Waals surface area contributed by atoms with E-state index in [1.807, 2.05) is 72.8 Å². The van der Waals surface area contributed by atoms with Gasteiger partial charge in [0.2, 0.25) is 5.88 Å². The van der Waals surface area contributed by atoms with Crippen LogP contribution in [0.5, 0.6) is 17.4 Å². The second-order valence-electron chi connectivity index (χ2n) is 7.31. The molecule has 4 aromatic rings. The van der Waals surface area contributed by atoms with Gasteiger partial charge in [0.15, 0.2) is 18.1 Å². The van der Waals surface area contributed by atoms with Crippen LogP contribution in [0, 0.1) is 0 Å². The molecular weight excluding hydrogens is 430 g/mol. The Labute approximate surface area is 198 Å². The Morgan fingerprint density at radius 3 is 2.26 bits per heavy atom. The summed E-state index contributed by atoms with van der Waals surface area (Å²) in [4.78, 5) is 12.4. The molecule has 7 heteroatoms. The van der Waals surface area contributed by atoms with E-state index in [-0.39, 0.29) is 12.5 Å². The Morgan fingerprint density at radius 2 is 1.59 bits per heavy atom. The molecule has 0 fully saturated rings. The minimum absolute atomic E-state index is 0.185. The lowest BCUT2D eigenvalue weighted by molar-refractivity contribution is -0.122. The Kier molecular flexibility index (Phi) is 7.25. The largest absolute Gasteiger partial charge is 0.493 e. The molecule has 34 heavy (non-hydrogen) atoms. The summed E-state index contributed by atoms with van der Waals surface area (Å²) >= 11 is 0. The molecule has 7 nitrogen and oxygen atoms in total. The Bertz CT molecular complexity index is 1270. The minimum atomic E-state index is -0.306. The Morgan fingerprint density at radius 1 is 0.912 bits per heavy atom. The number of hydrogen-bond donors (Lipinski definition) is 2. The maximum Gasteiger partial charge on any atom is 0.261 e. The van der Waals surface area contributed by atoms with Crippen molar-refractivity contribution in [1.29, 1.82) is 0 Å². The second-order valence-corrected chi connectivity index (χ2v) is 7.31. The standard InChI is InChI=1S/C27H25N3O4/c1-32-22-14-13-19(17-23(22)33-2)15-16-28-24(31)18-34-27-25(20-9-5-3-6-10-20)26(29-30-27)21-11-7-4-8-12-21/h3-17H,18H2,1-2H3,(H,28,31)(H,29,30). The Balaban J connectivity index is 1.45. The third kappa shape index (κ3) is 5.27. The molecule has 0 spiro atoms. The number of hydrogen-bond acceptors (Lipinski definition) is 5. The van der Waals surface area contributed by atoms with Gasteiger partial charge >= 0.3 is 0 Å². The number of nitrogens with zero attached hydrogens (tertiary/aromatic N) is 1. The van der Waals surface area contributed by atoms with Crippen molar-refractivity contribution in [3.63, 3.8) is 0 Å². The molecule has 3 aromatic carbocycles.